The molecule has 6 aromatic rings. The lowest BCUT2D eigenvalue weighted by atomic mass is 9.91. The SMILES string of the molecule is CCCC(CC)C(NCOC)C(=O)N(CCC)Cc1nc2c(ccc3cc(-c4ccc5cc(-c6cnc(C7NC8CCC7C8)[nH]6)ccc5c4)ccc32)[nH]1. The van der Waals surface area contributed by atoms with Crippen molar-refractivity contribution in [1.29, 1.82) is 0 Å². The second-order valence-corrected chi connectivity index (χ2v) is 15.3. The molecule has 4 aromatic carbocycles. The molecule has 1 amide bonds. The zero-order chi connectivity index (χ0) is 36.5. The molecule has 1 aliphatic carbocycles. The molecule has 0 radical (unpaired) electrons. The average Bonchev–Trinajstić information content (AvgIpc) is 4.02. The minimum Gasteiger partial charge on any atom is -0.370 e. The fourth-order valence-electron chi connectivity index (χ4n) is 9.03. The summed E-state index contributed by atoms with van der Waals surface area (Å²) >= 11 is 0. The van der Waals surface area contributed by atoms with Gasteiger partial charge in [0.1, 0.15) is 11.6 Å². The average molecular weight is 712 g/mol. The van der Waals surface area contributed by atoms with Crippen molar-refractivity contribution in [3.05, 3.63) is 84.6 Å². The lowest BCUT2D eigenvalue weighted by molar-refractivity contribution is -0.136. The Labute approximate surface area is 312 Å². The van der Waals surface area contributed by atoms with Gasteiger partial charge in [-0.1, -0.05) is 76.1 Å². The van der Waals surface area contributed by atoms with Crippen LogP contribution >= 0.6 is 0 Å². The summed E-state index contributed by atoms with van der Waals surface area (Å²) in [6.45, 7) is 7.92. The number of carbonyl (C=O) groups excluding carboxylic acids is 1. The minimum absolute atomic E-state index is 0.115. The number of imidazole rings is 2. The van der Waals surface area contributed by atoms with Gasteiger partial charge in [0.25, 0.3) is 0 Å². The van der Waals surface area contributed by atoms with Crippen molar-refractivity contribution in [1.82, 2.24) is 35.5 Å². The number of carbonyl (C=O) groups is 1. The number of amides is 1. The third-order valence-corrected chi connectivity index (χ3v) is 11.8. The van der Waals surface area contributed by atoms with Crippen molar-refractivity contribution in [2.45, 2.75) is 90.4 Å². The molecule has 2 aromatic heterocycles. The first kappa shape index (κ1) is 35.5. The Morgan fingerprint density at radius 2 is 1.68 bits per heavy atom. The van der Waals surface area contributed by atoms with Crippen molar-refractivity contribution < 1.29 is 9.53 Å². The van der Waals surface area contributed by atoms with E-state index in [-0.39, 0.29) is 17.9 Å². The van der Waals surface area contributed by atoms with E-state index < -0.39 is 0 Å². The second kappa shape index (κ2) is 15.4. The molecule has 2 fully saturated rings. The van der Waals surface area contributed by atoms with Gasteiger partial charge in [0.2, 0.25) is 5.91 Å². The Bertz CT molecular complexity index is 2220. The number of hydrogen-bond acceptors (Lipinski definition) is 6. The summed E-state index contributed by atoms with van der Waals surface area (Å²) in [5.74, 6) is 2.94. The summed E-state index contributed by atoms with van der Waals surface area (Å²) in [4.78, 5) is 33.0. The molecular formula is C44H53N7O2. The van der Waals surface area contributed by atoms with Gasteiger partial charge in [-0.25, -0.2) is 9.97 Å². The largest absolute Gasteiger partial charge is 0.370 e. The van der Waals surface area contributed by atoms with Crippen LogP contribution in [0.15, 0.2) is 72.9 Å². The van der Waals surface area contributed by atoms with Gasteiger partial charge < -0.3 is 24.9 Å². The fraction of sp³-hybridized carbons (Fsp3) is 0.432. The van der Waals surface area contributed by atoms with E-state index in [1.54, 1.807) is 7.11 Å². The maximum atomic E-state index is 14.0. The normalized spacial score (nSPS) is 19.4. The molecule has 2 aliphatic rings. The van der Waals surface area contributed by atoms with Gasteiger partial charge in [-0.2, -0.15) is 0 Å². The van der Waals surface area contributed by atoms with E-state index in [1.165, 1.54) is 41.2 Å². The number of ether oxygens (including phenoxy) is 1. The number of nitrogens with zero attached hydrogens (tertiary/aromatic N) is 3. The lowest BCUT2D eigenvalue weighted by Crippen LogP contribution is -2.51. The molecule has 9 heteroatoms. The summed E-state index contributed by atoms with van der Waals surface area (Å²) in [7, 11) is 1.66. The summed E-state index contributed by atoms with van der Waals surface area (Å²) in [6, 6.07) is 25.0. The Hall–Kier alpha value is -4.57. The van der Waals surface area contributed by atoms with Crippen LogP contribution in [0, 0.1) is 11.8 Å². The van der Waals surface area contributed by atoms with E-state index in [0.717, 1.165) is 70.4 Å². The molecule has 5 unspecified atom stereocenters. The number of nitrogens with one attached hydrogen (secondary N) is 4. The van der Waals surface area contributed by atoms with Crippen LogP contribution in [0.4, 0.5) is 0 Å². The Morgan fingerprint density at radius 3 is 2.40 bits per heavy atom. The quantitative estimate of drug-likeness (QED) is 0.0793. The zero-order valence-corrected chi connectivity index (χ0v) is 31.5. The molecular weight excluding hydrogens is 659 g/mol. The number of rotatable bonds is 15. The maximum Gasteiger partial charge on any atom is 0.240 e. The van der Waals surface area contributed by atoms with Crippen LogP contribution in [-0.4, -0.2) is 63.2 Å². The number of piperidine rings is 1. The van der Waals surface area contributed by atoms with Gasteiger partial charge in [0.15, 0.2) is 0 Å². The third-order valence-electron chi connectivity index (χ3n) is 11.8. The highest BCUT2D eigenvalue weighted by Crippen LogP contribution is 2.42. The molecule has 0 spiro atoms. The molecule has 3 heterocycles. The first-order valence-corrected chi connectivity index (χ1v) is 19.7. The van der Waals surface area contributed by atoms with Gasteiger partial charge >= 0.3 is 0 Å². The number of H-pyrrole nitrogens is 2. The maximum absolute atomic E-state index is 14.0. The second-order valence-electron chi connectivity index (χ2n) is 15.3. The first-order chi connectivity index (χ1) is 26.0. The van der Waals surface area contributed by atoms with Crippen LogP contribution in [0.1, 0.15) is 83.4 Å². The summed E-state index contributed by atoms with van der Waals surface area (Å²) in [5, 5.41) is 11.8. The zero-order valence-electron chi connectivity index (χ0n) is 31.5. The van der Waals surface area contributed by atoms with Crippen LogP contribution < -0.4 is 10.6 Å². The van der Waals surface area contributed by atoms with Crippen LogP contribution in [0.3, 0.4) is 0 Å². The van der Waals surface area contributed by atoms with Gasteiger partial charge in [-0.15, -0.1) is 0 Å². The molecule has 53 heavy (non-hydrogen) atoms. The number of aromatic amines is 2. The molecule has 4 N–H and O–H groups in total. The molecule has 1 saturated carbocycles. The third kappa shape index (κ3) is 7.10. The highest BCUT2D eigenvalue weighted by atomic mass is 16.5. The standard InChI is InChI=1S/C44H53N7O2/c1-5-8-27(7-3)41(46-26-53-4)44(52)51(19-6-2)25-39-48-37-18-15-32-21-31(14-17-36(32)42(37)50-39)28-9-10-30-22-33(12-11-29(30)20-28)38-24-45-43(49-38)40-34-13-16-35(23-34)47-40/h9-12,14-15,17-18,20-22,24,27,34-35,40-41,46-47H,5-8,13,16,19,23,25-26H2,1-4H3,(H,45,49)(H,48,50). The van der Waals surface area contributed by atoms with Gasteiger partial charge in [-0.05, 0) is 95.5 Å². The van der Waals surface area contributed by atoms with E-state index >= 15 is 0 Å². The van der Waals surface area contributed by atoms with Crippen molar-refractivity contribution in [3.63, 3.8) is 0 Å². The van der Waals surface area contributed by atoms with E-state index in [4.69, 9.17) is 14.7 Å². The predicted molar refractivity (Wildman–Crippen MR) is 214 cm³/mol. The number of methoxy groups -OCH3 is 1. The molecule has 8 rings (SSSR count). The summed E-state index contributed by atoms with van der Waals surface area (Å²) in [5.41, 5.74) is 6.49. The molecule has 9 nitrogen and oxygen atoms in total. The van der Waals surface area contributed by atoms with Crippen molar-refractivity contribution in [2.24, 2.45) is 11.8 Å². The van der Waals surface area contributed by atoms with E-state index in [1.807, 2.05) is 11.1 Å². The minimum atomic E-state index is -0.286. The van der Waals surface area contributed by atoms with Crippen molar-refractivity contribution >= 4 is 38.5 Å². The van der Waals surface area contributed by atoms with Gasteiger partial charge in [0, 0.05) is 30.6 Å². The van der Waals surface area contributed by atoms with Crippen LogP contribution in [-0.2, 0) is 16.1 Å². The topological polar surface area (TPSA) is 111 Å². The lowest BCUT2D eigenvalue weighted by Gasteiger charge is -2.31. The summed E-state index contributed by atoms with van der Waals surface area (Å²) in [6.07, 6.45) is 9.71. The van der Waals surface area contributed by atoms with Gasteiger partial charge in [-0.3, -0.25) is 10.1 Å². The number of hydrogen-bond donors (Lipinski definition) is 4. The summed E-state index contributed by atoms with van der Waals surface area (Å²) < 4.78 is 5.32. The Kier molecular flexibility index (Phi) is 10.3. The highest BCUT2D eigenvalue weighted by Gasteiger charge is 2.41. The predicted octanol–water partition coefficient (Wildman–Crippen LogP) is 8.87. The first-order valence-electron chi connectivity index (χ1n) is 19.7. The monoisotopic (exact) mass is 711 g/mol. The van der Waals surface area contributed by atoms with E-state index in [9.17, 15) is 4.79 Å². The number of fused-ring (bicyclic) bond motifs is 6. The van der Waals surface area contributed by atoms with Crippen LogP contribution in [0.2, 0.25) is 0 Å². The Morgan fingerprint density at radius 1 is 0.925 bits per heavy atom. The van der Waals surface area contributed by atoms with Crippen LogP contribution in [0.5, 0.6) is 0 Å². The molecule has 2 bridgehead atoms. The number of aromatic nitrogens is 4. The van der Waals surface area contributed by atoms with Gasteiger partial charge in [0.05, 0.1) is 48.3 Å². The molecule has 1 aliphatic heterocycles. The highest BCUT2D eigenvalue weighted by molar-refractivity contribution is 6.05. The molecule has 5 atom stereocenters. The molecule has 1 saturated heterocycles. The smallest absolute Gasteiger partial charge is 0.240 e. The van der Waals surface area contributed by atoms with Crippen molar-refractivity contribution in [3.8, 4) is 22.4 Å². The Balaban J connectivity index is 1.01. The molecule has 276 valence electrons. The van der Waals surface area contributed by atoms with E-state index in [2.05, 4.69) is 108 Å². The number of benzene rings is 4. The van der Waals surface area contributed by atoms with Crippen molar-refractivity contribution in [2.75, 3.05) is 20.4 Å². The van der Waals surface area contributed by atoms with Crippen LogP contribution in [0.25, 0.3) is 55.0 Å². The van der Waals surface area contributed by atoms with E-state index in [0.29, 0.717) is 37.8 Å². The fourth-order valence-corrected chi connectivity index (χ4v) is 9.03.